The van der Waals surface area contributed by atoms with Crippen LogP contribution in [0, 0.1) is 6.26 Å². The second kappa shape index (κ2) is 4.18. The standard InChI is InChI=1S/C7H13OS/c1-9-6-7-4-2-3-5-8-7/h7H,1-6H2. The fourth-order valence-electron chi connectivity index (χ4n) is 1.07. The van der Waals surface area contributed by atoms with E-state index in [0.29, 0.717) is 6.10 Å². The summed E-state index contributed by atoms with van der Waals surface area (Å²) in [6, 6.07) is 0. The Hall–Kier alpha value is 0.310. The highest BCUT2D eigenvalue weighted by Gasteiger charge is 2.11. The van der Waals surface area contributed by atoms with E-state index in [1.54, 1.807) is 11.8 Å². The van der Waals surface area contributed by atoms with Crippen molar-refractivity contribution in [2.45, 2.75) is 25.4 Å². The molecule has 0 aliphatic carbocycles. The number of hydrogen-bond acceptors (Lipinski definition) is 2. The molecule has 1 unspecified atom stereocenters. The normalized spacial score (nSPS) is 28.3. The van der Waals surface area contributed by atoms with Crippen molar-refractivity contribution in [2.75, 3.05) is 12.4 Å². The lowest BCUT2D eigenvalue weighted by Gasteiger charge is -2.21. The first-order valence-electron chi connectivity index (χ1n) is 3.42. The van der Waals surface area contributed by atoms with Crippen LogP contribution in [-0.2, 0) is 4.74 Å². The molecular weight excluding hydrogens is 132 g/mol. The van der Waals surface area contributed by atoms with Crippen LogP contribution in [-0.4, -0.2) is 18.5 Å². The van der Waals surface area contributed by atoms with Crippen molar-refractivity contribution in [1.82, 2.24) is 0 Å². The average molecular weight is 145 g/mol. The van der Waals surface area contributed by atoms with Gasteiger partial charge in [0.15, 0.2) is 0 Å². The van der Waals surface area contributed by atoms with Gasteiger partial charge in [-0.3, -0.25) is 0 Å². The second-order valence-electron chi connectivity index (χ2n) is 2.36. The molecule has 1 heterocycles. The minimum atomic E-state index is 0.501. The summed E-state index contributed by atoms with van der Waals surface area (Å²) in [7, 11) is 0. The first-order valence-corrected chi connectivity index (χ1v) is 4.57. The predicted molar refractivity (Wildman–Crippen MR) is 41.4 cm³/mol. The molecule has 1 radical (unpaired) electrons. The summed E-state index contributed by atoms with van der Waals surface area (Å²) in [5.41, 5.74) is 0. The number of rotatable bonds is 2. The van der Waals surface area contributed by atoms with Crippen molar-refractivity contribution in [2.24, 2.45) is 0 Å². The van der Waals surface area contributed by atoms with Crippen molar-refractivity contribution in [3.05, 3.63) is 6.26 Å². The molecule has 0 aromatic carbocycles. The van der Waals surface area contributed by atoms with Crippen LogP contribution in [0.2, 0.25) is 0 Å². The summed E-state index contributed by atoms with van der Waals surface area (Å²) in [5, 5.41) is 0. The van der Waals surface area contributed by atoms with Gasteiger partial charge in [0, 0.05) is 18.6 Å². The zero-order valence-corrected chi connectivity index (χ0v) is 6.45. The van der Waals surface area contributed by atoms with Crippen molar-refractivity contribution in [3.63, 3.8) is 0 Å². The number of ether oxygens (including phenoxy) is 1. The lowest BCUT2D eigenvalue weighted by atomic mass is 10.1. The van der Waals surface area contributed by atoms with Gasteiger partial charge in [-0.15, -0.1) is 0 Å². The predicted octanol–water partition coefficient (Wildman–Crippen LogP) is 2.08. The van der Waals surface area contributed by atoms with Crippen LogP contribution in [0.5, 0.6) is 0 Å². The van der Waals surface area contributed by atoms with Gasteiger partial charge in [-0.1, -0.05) is 0 Å². The van der Waals surface area contributed by atoms with Gasteiger partial charge in [0.2, 0.25) is 0 Å². The summed E-state index contributed by atoms with van der Waals surface area (Å²) in [4.78, 5) is 0. The van der Waals surface area contributed by atoms with Crippen molar-refractivity contribution in [1.29, 1.82) is 0 Å². The van der Waals surface area contributed by atoms with E-state index in [9.17, 15) is 0 Å². The van der Waals surface area contributed by atoms with Crippen LogP contribution in [0.4, 0.5) is 0 Å². The Morgan fingerprint density at radius 3 is 3.00 bits per heavy atom. The molecule has 0 aromatic rings. The van der Waals surface area contributed by atoms with Gasteiger partial charge in [0.25, 0.3) is 0 Å². The van der Waals surface area contributed by atoms with E-state index in [4.69, 9.17) is 4.74 Å². The van der Waals surface area contributed by atoms with Crippen molar-refractivity contribution < 1.29 is 4.74 Å². The van der Waals surface area contributed by atoms with Gasteiger partial charge in [0.1, 0.15) is 0 Å². The quantitative estimate of drug-likeness (QED) is 0.588. The Morgan fingerprint density at radius 1 is 1.56 bits per heavy atom. The summed E-state index contributed by atoms with van der Waals surface area (Å²) in [6.07, 6.45) is 8.04. The Kier molecular flexibility index (Phi) is 3.44. The van der Waals surface area contributed by atoms with E-state index in [1.807, 2.05) is 0 Å². The highest BCUT2D eigenvalue weighted by molar-refractivity contribution is 8.00. The lowest BCUT2D eigenvalue weighted by Crippen LogP contribution is -2.20. The first kappa shape index (κ1) is 7.42. The minimum absolute atomic E-state index is 0.501. The van der Waals surface area contributed by atoms with Gasteiger partial charge in [-0.05, 0) is 19.3 Å². The Labute approximate surface area is 61.2 Å². The molecule has 9 heavy (non-hydrogen) atoms. The maximum atomic E-state index is 5.46. The molecular formula is C7H13OS. The molecule has 0 N–H and O–H groups in total. The monoisotopic (exact) mass is 145 g/mol. The lowest BCUT2D eigenvalue weighted by molar-refractivity contribution is 0.0316. The van der Waals surface area contributed by atoms with E-state index in [2.05, 4.69) is 6.26 Å². The van der Waals surface area contributed by atoms with Crippen LogP contribution in [0.25, 0.3) is 0 Å². The molecule has 1 atom stereocenters. The maximum absolute atomic E-state index is 5.46. The smallest absolute Gasteiger partial charge is 0.0665 e. The molecule has 2 heteroatoms. The molecule has 53 valence electrons. The Morgan fingerprint density at radius 2 is 2.44 bits per heavy atom. The van der Waals surface area contributed by atoms with Gasteiger partial charge in [0.05, 0.1) is 6.10 Å². The van der Waals surface area contributed by atoms with Gasteiger partial charge >= 0.3 is 0 Å². The Bertz CT molecular complexity index is 66.6. The molecule has 1 rings (SSSR count). The fraction of sp³-hybridized carbons (Fsp3) is 0.857. The van der Waals surface area contributed by atoms with Crippen molar-refractivity contribution in [3.8, 4) is 0 Å². The third-order valence-corrected chi connectivity index (χ3v) is 2.19. The second-order valence-corrected chi connectivity index (χ2v) is 3.10. The van der Waals surface area contributed by atoms with E-state index < -0.39 is 0 Å². The van der Waals surface area contributed by atoms with Crippen LogP contribution in [0.1, 0.15) is 19.3 Å². The van der Waals surface area contributed by atoms with E-state index >= 15 is 0 Å². The van der Waals surface area contributed by atoms with Crippen LogP contribution < -0.4 is 0 Å². The van der Waals surface area contributed by atoms with Crippen LogP contribution >= 0.6 is 11.8 Å². The molecule has 0 bridgehead atoms. The molecule has 0 saturated carbocycles. The largest absolute Gasteiger partial charge is 0.377 e. The van der Waals surface area contributed by atoms with Crippen LogP contribution in [0.3, 0.4) is 0 Å². The third kappa shape index (κ3) is 2.59. The third-order valence-electron chi connectivity index (χ3n) is 1.58. The molecule has 0 amide bonds. The summed E-state index contributed by atoms with van der Waals surface area (Å²) < 4.78 is 5.46. The highest BCUT2D eigenvalue weighted by Crippen LogP contribution is 2.15. The SMILES string of the molecule is [CH2]SCC1CCCCO1. The molecule has 1 saturated heterocycles. The van der Waals surface area contributed by atoms with E-state index in [0.717, 1.165) is 12.4 Å². The molecule has 1 aliphatic heterocycles. The summed E-state index contributed by atoms with van der Waals surface area (Å²) in [6.45, 7) is 0.964. The average Bonchev–Trinajstić information content (AvgIpc) is 1.91. The summed E-state index contributed by atoms with van der Waals surface area (Å²) >= 11 is 1.63. The Balaban J connectivity index is 2.08. The molecule has 1 nitrogen and oxygen atoms in total. The van der Waals surface area contributed by atoms with Gasteiger partial charge in [-0.25, -0.2) is 0 Å². The molecule has 1 aliphatic rings. The number of thioether (sulfide) groups is 1. The molecule has 0 spiro atoms. The highest BCUT2D eigenvalue weighted by atomic mass is 32.2. The first-order chi connectivity index (χ1) is 4.43. The minimum Gasteiger partial charge on any atom is -0.377 e. The van der Waals surface area contributed by atoms with E-state index in [-0.39, 0.29) is 0 Å². The zero-order chi connectivity index (χ0) is 6.53. The summed E-state index contributed by atoms with van der Waals surface area (Å²) in [5.74, 6) is 1.07. The molecule has 1 fully saturated rings. The maximum Gasteiger partial charge on any atom is 0.0665 e. The number of hydrogen-bond donors (Lipinski definition) is 0. The van der Waals surface area contributed by atoms with Gasteiger partial charge < -0.3 is 4.74 Å². The van der Waals surface area contributed by atoms with Gasteiger partial charge in [-0.2, -0.15) is 11.8 Å². The van der Waals surface area contributed by atoms with E-state index in [1.165, 1.54) is 19.3 Å². The fourth-order valence-corrected chi connectivity index (χ4v) is 1.60. The topological polar surface area (TPSA) is 9.23 Å². The van der Waals surface area contributed by atoms with Crippen LogP contribution in [0.15, 0.2) is 0 Å². The zero-order valence-electron chi connectivity index (χ0n) is 5.64. The van der Waals surface area contributed by atoms with Crippen molar-refractivity contribution >= 4 is 11.8 Å². The molecule has 0 aromatic heterocycles.